The Morgan fingerprint density at radius 2 is 1.64 bits per heavy atom. The molecule has 1 aliphatic rings. The predicted molar refractivity (Wildman–Crippen MR) is 105 cm³/mol. The normalized spacial score (nSPS) is 13.4. The van der Waals surface area contributed by atoms with Crippen molar-refractivity contribution in [3.05, 3.63) is 95.7 Å². The lowest BCUT2D eigenvalue weighted by Gasteiger charge is -2.17. The summed E-state index contributed by atoms with van der Waals surface area (Å²) in [7, 11) is 0. The number of hydrogen-bond donors (Lipinski definition) is 1. The van der Waals surface area contributed by atoms with Crippen LogP contribution in [0, 0.1) is 0 Å². The van der Waals surface area contributed by atoms with Crippen LogP contribution in [0.2, 0.25) is 0 Å². The first-order valence-corrected chi connectivity index (χ1v) is 9.02. The van der Waals surface area contributed by atoms with Crippen LogP contribution in [-0.4, -0.2) is 12.7 Å². The number of carbonyl (C=O) groups is 1. The molecular weight excluding hydrogens is 354 g/mol. The Morgan fingerprint density at radius 1 is 0.857 bits per heavy atom. The van der Waals surface area contributed by atoms with Crippen LogP contribution in [0.15, 0.2) is 83.3 Å². The molecule has 3 aromatic carbocycles. The van der Waals surface area contributed by atoms with Crippen LogP contribution in [0.1, 0.15) is 27.7 Å². The summed E-state index contributed by atoms with van der Waals surface area (Å²) < 4.78 is 16.7. The first-order chi connectivity index (χ1) is 13.8. The van der Waals surface area contributed by atoms with Gasteiger partial charge in [0.05, 0.1) is 0 Å². The van der Waals surface area contributed by atoms with Gasteiger partial charge in [-0.3, -0.25) is 4.79 Å². The second-order valence-electron chi connectivity index (χ2n) is 6.57. The monoisotopic (exact) mass is 371 g/mol. The minimum Gasteiger partial charge on any atom is -0.459 e. The second kappa shape index (κ2) is 6.78. The molecule has 4 aromatic rings. The highest BCUT2D eigenvalue weighted by Gasteiger charge is 2.23. The summed E-state index contributed by atoms with van der Waals surface area (Å²) >= 11 is 0. The van der Waals surface area contributed by atoms with Gasteiger partial charge in [0.25, 0.3) is 5.91 Å². The molecule has 1 aliphatic heterocycles. The molecule has 2 heterocycles. The van der Waals surface area contributed by atoms with E-state index in [9.17, 15) is 4.79 Å². The van der Waals surface area contributed by atoms with Gasteiger partial charge in [-0.15, -0.1) is 0 Å². The molecule has 5 rings (SSSR count). The number of para-hydroxylation sites is 1. The average molecular weight is 371 g/mol. The van der Waals surface area contributed by atoms with Crippen molar-refractivity contribution in [1.82, 2.24) is 5.32 Å². The molecule has 138 valence electrons. The van der Waals surface area contributed by atoms with Crippen LogP contribution in [0.3, 0.4) is 0 Å². The molecule has 1 atom stereocenters. The molecule has 5 nitrogen and oxygen atoms in total. The van der Waals surface area contributed by atoms with Crippen LogP contribution in [-0.2, 0) is 0 Å². The predicted octanol–water partition coefficient (Wildman–Crippen LogP) is 4.68. The minimum atomic E-state index is -0.411. The minimum absolute atomic E-state index is 0.173. The van der Waals surface area contributed by atoms with Gasteiger partial charge in [-0.2, -0.15) is 0 Å². The van der Waals surface area contributed by atoms with Gasteiger partial charge in [-0.05, 0) is 35.9 Å². The standard InChI is InChI=1S/C23H17NO4/c25-23(17-10-11-19-20(13-17)27-14-26-19)24-22(15-6-2-1-3-7-15)21-12-16-8-4-5-9-18(16)28-21/h1-13,22H,14H2,(H,24,25)/t22-/m0/s1. The zero-order valence-corrected chi connectivity index (χ0v) is 14.9. The van der Waals surface area contributed by atoms with E-state index in [1.807, 2.05) is 60.7 Å². The highest BCUT2D eigenvalue weighted by molar-refractivity contribution is 5.95. The van der Waals surface area contributed by atoms with Gasteiger partial charge in [-0.25, -0.2) is 0 Å². The third kappa shape index (κ3) is 2.97. The molecule has 0 saturated carbocycles. The van der Waals surface area contributed by atoms with Crippen LogP contribution >= 0.6 is 0 Å². The maximum atomic E-state index is 13.0. The summed E-state index contributed by atoms with van der Waals surface area (Å²) in [5, 5.41) is 4.09. The molecule has 5 heteroatoms. The van der Waals surface area contributed by atoms with E-state index in [4.69, 9.17) is 13.9 Å². The Balaban J connectivity index is 1.50. The van der Waals surface area contributed by atoms with E-state index in [0.29, 0.717) is 22.8 Å². The molecule has 0 unspecified atom stereocenters. The topological polar surface area (TPSA) is 60.7 Å². The van der Waals surface area contributed by atoms with E-state index < -0.39 is 6.04 Å². The molecule has 0 radical (unpaired) electrons. The van der Waals surface area contributed by atoms with Crippen LogP contribution in [0.5, 0.6) is 11.5 Å². The average Bonchev–Trinajstić information content (AvgIpc) is 3.38. The van der Waals surface area contributed by atoms with Gasteiger partial charge in [0, 0.05) is 10.9 Å². The van der Waals surface area contributed by atoms with Gasteiger partial charge in [0.15, 0.2) is 11.5 Å². The molecule has 1 aromatic heterocycles. The first kappa shape index (κ1) is 16.4. The van der Waals surface area contributed by atoms with E-state index in [2.05, 4.69) is 5.32 Å². The van der Waals surface area contributed by atoms with E-state index >= 15 is 0 Å². The fourth-order valence-corrected chi connectivity index (χ4v) is 3.36. The Hall–Kier alpha value is -3.73. The Kier molecular flexibility index (Phi) is 3.98. The Labute approximate surface area is 161 Å². The summed E-state index contributed by atoms with van der Waals surface area (Å²) in [6.07, 6.45) is 0. The van der Waals surface area contributed by atoms with Crippen molar-refractivity contribution in [2.24, 2.45) is 0 Å². The van der Waals surface area contributed by atoms with Crippen molar-refractivity contribution < 1.29 is 18.7 Å². The number of hydrogen-bond acceptors (Lipinski definition) is 4. The van der Waals surface area contributed by atoms with E-state index in [1.54, 1.807) is 18.2 Å². The Morgan fingerprint density at radius 3 is 2.50 bits per heavy atom. The summed E-state index contributed by atoms with van der Waals surface area (Å²) in [4.78, 5) is 13.0. The number of benzene rings is 3. The lowest BCUT2D eigenvalue weighted by Crippen LogP contribution is -2.29. The molecule has 0 bridgehead atoms. The van der Waals surface area contributed by atoms with Crippen LogP contribution in [0.4, 0.5) is 0 Å². The number of carbonyl (C=O) groups excluding carboxylic acids is 1. The third-order valence-corrected chi connectivity index (χ3v) is 4.77. The van der Waals surface area contributed by atoms with Crippen molar-refractivity contribution in [3.63, 3.8) is 0 Å². The van der Waals surface area contributed by atoms with Crippen molar-refractivity contribution in [2.45, 2.75) is 6.04 Å². The summed E-state index contributed by atoms with van der Waals surface area (Å²) in [5.41, 5.74) is 2.23. The number of furan rings is 1. The van der Waals surface area contributed by atoms with Crippen molar-refractivity contribution >= 4 is 16.9 Å². The van der Waals surface area contributed by atoms with Crippen LogP contribution < -0.4 is 14.8 Å². The summed E-state index contributed by atoms with van der Waals surface area (Å²) in [5.74, 6) is 1.69. The molecule has 1 N–H and O–H groups in total. The van der Waals surface area contributed by atoms with Crippen molar-refractivity contribution in [1.29, 1.82) is 0 Å². The number of rotatable bonds is 4. The van der Waals surface area contributed by atoms with Crippen molar-refractivity contribution in [2.75, 3.05) is 6.79 Å². The molecule has 0 spiro atoms. The first-order valence-electron chi connectivity index (χ1n) is 9.02. The van der Waals surface area contributed by atoms with Gasteiger partial charge < -0.3 is 19.2 Å². The van der Waals surface area contributed by atoms with Crippen LogP contribution in [0.25, 0.3) is 11.0 Å². The Bertz CT molecular complexity index is 1120. The molecule has 0 saturated heterocycles. The molecule has 0 fully saturated rings. The van der Waals surface area contributed by atoms with E-state index in [1.165, 1.54) is 0 Å². The zero-order valence-electron chi connectivity index (χ0n) is 14.9. The SMILES string of the molecule is O=C(N[C@@H](c1ccccc1)c1cc2ccccc2o1)c1ccc2c(c1)OCO2. The third-order valence-electron chi connectivity index (χ3n) is 4.77. The smallest absolute Gasteiger partial charge is 0.252 e. The number of nitrogens with one attached hydrogen (secondary N) is 1. The van der Waals surface area contributed by atoms with Gasteiger partial charge in [0.1, 0.15) is 17.4 Å². The van der Waals surface area contributed by atoms with E-state index in [0.717, 1.165) is 16.5 Å². The summed E-state index contributed by atoms with van der Waals surface area (Å²) in [6, 6.07) is 24.3. The lowest BCUT2D eigenvalue weighted by atomic mass is 10.0. The molecule has 1 amide bonds. The number of amides is 1. The fraction of sp³-hybridized carbons (Fsp3) is 0.0870. The number of ether oxygens (including phenoxy) is 2. The highest BCUT2D eigenvalue weighted by atomic mass is 16.7. The quantitative estimate of drug-likeness (QED) is 0.566. The molecule has 28 heavy (non-hydrogen) atoms. The molecule has 0 aliphatic carbocycles. The zero-order chi connectivity index (χ0) is 18.9. The van der Waals surface area contributed by atoms with Crippen molar-refractivity contribution in [3.8, 4) is 11.5 Å². The second-order valence-corrected chi connectivity index (χ2v) is 6.57. The van der Waals surface area contributed by atoms with Gasteiger partial charge in [0.2, 0.25) is 6.79 Å². The maximum absolute atomic E-state index is 13.0. The largest absolute Gasteiger partial charge is 0.459 e. The molecular formula is C23H17NO4. The lowest BCUT2D eigenvalue weighted by molar-refractivity contribution is 0.0939. The fourth-order valence-electron chi connectivity index (χ4n) is 3.36. The summed E-state index contributed by atoms with van der Waals surface area (Å²) in [6.45, 7) is 0.173. The highest BCUT2D eigenvalue weighted by Crippen LogP contribution is 2.33. The van der Waals surface area contributed by atoms with Gasteiger partial charge in [-0.1, -0.05) is 48.5 Å². The number of fused-ring (bicyclic) bond motifs is 2. The van der Waals surface area contributed by atoms with E-state index in [-0.39, 0.29) is 12.7 Å². The van der Waals surface area contributed by atoms with Gasteiger partial charge >= 0.3 is 0 Å². The maximum Gasteiger partial charge on any atom is 0.252 e.